The zero-order valence-corrected chi connectivity index (χ0v) is 11.4. The van der Waals surface area contributed by atoms with Crippen molar-refractivity contribution >= 4 is 11.7 Å². The van der Waals surface area contributed by atoms with Crippen LogP contribution in [0.2, 0.25) is 0 Å². The first-order valence-corrected chi connectivity index (χ1v) is 7.24. The van der Waals surface area contributed by atoms with Crippen LogP contribution < -0.4 is 4.90 Å². The van der Waals surface area contributed by atoms with Gasteiger partial charge < -0.3 is 10.0 Å². The molecule has 3 heteroatoms. The lowest BCUT2D eigenvalue weighted by Crippen LogP contribution is -2.45. The molecule has 3 unspecified atom stereocenters. The Morgan fingerprint density at radius 3 is 2.89 bits per heavy atom. The maximum atomic E-state index is 11.4. The van der Waals surface area contributed by atoms with Crippen LogP contribution in [0.1, 0.15) is 31.7 Å². The lowest BCUT2D eigenvalue weighted by molar-refractivity contribution is -0.141. The van der Waals surface area contributed by atoms with Crippen LogP contribution in [-0.4, -0.2) is 23.7 Å². The highest BCUT2D eigenvalue weighted by molar-refractivity contribution is 5.73. The van der Waals surface area contributed by atoms with Crippen LogP contribution in [0.15, 0.2) is 24.3 Å². The Morgan fingerprint density at radius 1 is 1.32 bits per heavy atom. The van der Waals surface area contributed by atoms with Crippen LogP contribution in [0.25, 0.3) is 0 Å². The summed E-state index contributed by atoms with van der Waals surface area (Å²) in [4.78, 5) is 13.8. The third-order valence-electron chi connectivity index (χ3n) is 4.57. The molecule has 1 fully saturated rings. The van der Waals surface area contributed by atoms with Crippen molar-refractivity contribution < 1.29 is 9.90 Å². The maximum absolute atomic E-state index is 11.4. The van der Waals surface area contributed by atoms with Gasteiger partial charge in [-0.15, -0.1) is 0 Å². The van der Waals surface area contributed by atoms with Crippen LogP contribution >= 0.6 is 0 Å². The molecule has 3 rings (SSSR count). The van der Waals surface area contributed by atoms with Gasteiger partial charge in [0.2, 0.25) is 0 Å². The second kappa shape index (κ2) is 4.87. The molecule has 1 aliphatic heterocycles. The van der Waals surface area contributed by atoms with Crippen molar-refractivity contribution in [3.8, 4) is 0 Å². The fraction of sp³-hybridized carbons (Fsp3) is 0.562. The molecule has 1 aliphatic carbocycles. The van der Waals surface area contributed by atoms with Crippen molar-refractivity contribution in [2.45, 2.75) is 38.6 Å². The van der Waals surface area contributed by atoms with Gasteiger partial charge in [-0.05, 0) is 36.8 Å². The normalized spacial score (nSPS) is 30.2. The molecule has 102 valence electrons. The molecule has 0 radical (unpaired) electrons. The summed E-state index contributed by atoms with van der Waals surface area (Å²) in [5.74, 6) is -0.221. The zero-order valence-electron chi connectivity index (χ0n) is 11.4. The van der Waals surface area contributed by atoms with Crippen molar-refractivity contribution in [1.82, 2.24) is 0 Å². The number of nitrogens with zero attached hydrogens (tertiary/aromatic N) is 1. The number of hydrogen-bond acceptors (Lipinski definition) is 2. The Labute approximate surface area is 114 Å². The average Bonchev–Trinajstić information content (AvgIpc) is 2.86. The van der Waals surface area contributed by atoms with E-state index in [0.717, 1.165) is 32.2 Å². The number of aliphatic carboxylic acids is 1. The number of para-hydroxylation sites is 1. The summed E-state index contributed by atoms with van der Waals surface area (Å²) in [6, 6.07) is 8.66. The van der Waals surface area contributed by atoms with E-state index in [4.69, 9.17) is 0 Å². The minimum Gasteiger partial charge on any atom is -0.481 e. The van der Waals surface area contributed by atoms with E-state index in [2.05, 4.69) is 36.1 Å². The van der Waals surface area contributed by atoms with E-state index >= 15 is 0 Å². The average molecular weight is 259 g/mol. The third kappa shape index (κ3) is 2.22. The second-order valence-electron chi connectivity index (χ2n) is 6.03. The molecule has 1 aromatic rings. The molecule has 3 nitrogen and oxygen atoms in total. The van der Waals surface area contributed by atoms with Crippen LogP contribution in [0.5, 0.6) is 0 Å². The number of rotatable bonds is 2. The highest BCUT2D eigenvalue weighted by atomic mass is 16.4. The van der Waals surface area contributed by atoms with E-state index < -0.39 is 5.97 Å². The molecule has 0 aromatic heterocycles. The van der Waals surface area contributed by atoms with Gasteiger partial charge in [-0.3, -0.25) is 4.79 Å². The molecule has 1 N–H and O–H groups in total. The van der Waals surface area contributed by atoms with Crippen LogP contribution in [-0.2, 0) is 11.2 Å². The lowest BCUT2D eigenvalue weighted by Gasteiger charge is -2.40. The fourth-order valence-electron chi connectivity index (χ4n) is 3.75. The van der Waals surface area contributed by atoms with Gasteiger partial charge >= 0.3 is 5.97 Å². The summed E-state index contributed by atoms with van der Waals surface area (Å²) in [6.07, 6.45) is 3.98. The summed E-state index contributed by atoms with van der Waals surface area (Å²) in [5.41, 5.74) is 2.64. The maximum Gasteiger partial charge on any atom is 0.308 e. The quantitative estimate of drug-likeness (QED) is 0.887. The minimum absolute atomic E-state index is 0.182. The predicted octanol–water partition coefficient (Wildman–Crippen LogP) is 2.94. The molecule has 0 saturated heterocycles. The zero-order chi connectivity index (χ0) is 13.4. The number of carboxylic acids is 1. The van der Waals surface area contributed by atoms with Crippen molar-refractivity contribution in [2.24, 2.45) is 11.8 Å². The van der Waals surface area contributed by atoms with E-state index in [0.29, 0.717) is 5.92 Å². The molecule has 1 saturated carbocycles. The van der Waals surface area contributed by atoms with Gasteiger partial charge in [0.1, 0.15) is 0 Å². The molecule has 3 atom stereocenters. The van der Waals surface area contributed by atoms with Gasteiger partial charge in [0.15, 0.2) is 0 Å². The van der Waals surface area contributed by atoms with E-state index in [9.17, 15) is 9.90 Å². The van der Waals surface area contributed by atoms with E-state index in [1.807, 2.05) is 0 Å². The number of carbonyl (C=O) groups is 1. The SMILES string of the molecule is CC1Cc2ccccc2N(C2CCCC2C(=O)O)C1. The minimum atomic E-state index is -0.627. The molecule has 0 amide bonds. The lowest BCUT2D eigenvalue weighted by atomic mass is 9.90. The summed E-state index contributed by atoms with van der Waals surface area (Å²) < 4.78 is 0. The van der Waals surface area contributed by atoms with Crippen molar-refractivity contribution in [1.29, 1.82) is 0 Å². The van der Waals surface area contributed by atoms with Gasteiger partial charge in [-0.1, -0.05) is 31.5 Å². The topological polar surface area (TPSA) is 40.5 Å². The largest absolute Gasteiger partial charge is 0.481 e. The van der Waals surface area contributed by atoms with Gasteiger partial charge in [0, 0.05) is 18.3 Å². The number of anilines is 1. The Balaban J connectivity index is 1.94. The Kier molecular flexibility index (Phi) is 3.21. The predicted molar refractivity (Wildman–Crippen MR) is 75.4 cm³/mol. The molecular formula is C16H21NO2. The number of hydrogen-bond donors (Lipinski definition) is 1. The van der Waals surface area contributed by atoms with Crippen molar-refractivity contribution in [3.05, 3.63) is 29.8 Å². The molecule has 19 heavy (non-hydrogen) atoms. The summed E-state index contributed by atoms with van der Waals surface area (Å²) in [6.45, 7) is 3.25. The molecule has 2 aliphatic rings. The van der Waals surface area contributed by atoms with Gasteiger partial charge in [0.25, 0.3) is 0 Å². The van der Waals surface area contributed by atoms with E-state index in [1.54, 1.807) is 0 Å². The summed E-state index contributed by atoms with van der Waals surface area (Å²) >= 11 is 0. The van der Waals surface area contributed by atoms with Crippen LogP contribution in [0.3, 0.4) is 0 Å². The van der Waals surface area contributed by atoms with E-state index in [-0.39, 0.29) is 12.0 Å². The smallest absolute Gasteiger partial charge is 0.308 e. The first kappa shape index (κ1) is 12.5. The molecule has 1 heterocycles. The highest BCUT2D eigenvalue weighted by Crippen LogP contribution is 2.38. The number of benzene rings is 1. The Morgan fingerprint density at radius 2 is 2.11 bits per heavy atom. The Bertz CT molecular complexity index is 485. The molecule has 1 aromatic carbocycles. The Hall–Kier alpha value is -1.51. The van der Waals surface area contributed by atoms with Crippen molar-refractivity contribution in [2.75, 3.05) is 11.4 Å². The first-order valence-electron chi connectivity index (χ1n) is 7.24. The summed E-state index contributed by atoms with van der Waals surface area (Å²) in [5, 5.41) is 9.40. The first-order chi connectivity index (χ1) is 9.16. The molecule has 0 spiro atoms. The van der Waals surface area contributed by atoms with Gasteiger partial charge in [0.05, 0.1) is 5.92 Å². The fourth-order valence-corrected chi connectivity index (χ4v) is 3.75. The molecular weight excluding hydrogens is 238 g/mol. The second-order valence-corrected chi connectivity index (χ2v) is 6.03. The monoisotopic (exact) mass is 259 g/mol. The highest BCUT2D eigenvalue weighted by Gasteiger charge is 2.39. The van der Waals surface area contributed by atoms with Gasteiger partial charge in [-0.2, -0.15) is 0 Å². The molecule has 0 bridgehead atoms. The van der Waals surface area contributed by atoms with Crippen molar-refractivity contribution in [3.63, 3.8) is 0 Å². The third-order valence-corrected chi connectivity index (χ3v) is 4.57. The standard InChI is InChI=1S/C16H21NO2/c1-11-9-12-5-2-3-7-14(12)17(10-11)15-8-4-6-13(15)16(18)19/h2-3,5,7,11,13,15H,4,6,8-10H2,1H3,(H,18,19). The number of carboxylic acid groups (broad SMARTS) is 1. The number of fused-ring (bicyclic) bond motifs is 1. The van der Waals surface area contributed by atoms with Crippen LogP contribution in [0, 0.1) is 11.8 Å². The van der Waals surface area contributed by atoms with Gasteiger partial charge in [-0.25, -0.2) is 0 Å². The summed E-state index contributed by atoms with van der Waals surface area (Å²) in [7, 11) is 0. The van der Waals surface area contributed by atoms with Crippen LogP contribution in [0.4, 0.5) is 5.69 Å². The van der Waals surface area contributed by atoms with E-state index in [1.165, 1.54) is 11.3 Å².